The number of aromatic nitrogens is 1. The van der Waals surface area contributed by atoms with Gasteiger partial charge in [0.15, 0.2) is 17.3 Å². The van der Waals surface area contributed by atoms with Gasteiger partial charge in [-0.3, -0.25) is 9.59 Å². The number of allylic oxidation sites excluding steroid dienone is 3. The van der Waals surface area contributed by atoms with Gasteiger partial charge in [-0.2, -0.15) is 0 Å². The summed E-state index contributed by atoms with van der Waals surface area (Å²) >= 11 is 0. The van der Waals surface area contributed by atoms with Crippen molar-refractivity contribution in [2.45, 2.75) is 32.1 Å². The van der Waals surface area contributed by atoms with Crippen LogP contribution in [0.2, 0.25) is 0 Å². The maximum absolute atomic E-state index is 13.4. The highest BCUT2D eigenvalue weighted by atomic mass is 16.5. The fourth-order valence-electron chi connectivity index (χ4n) is 4.27. The lowest BCUT2D eigenvalue weighted by atomic mass is 9.75. The number of benzene rings is 1. The average molecular weight is 419 g/mol. The summed E-state index contributed by atoms with van der Waals surface area (Å²) in [4.78, 5) is 30.6. The highest BCUT2D eigenvalue weighted by molar-refractivity contribution is 6.09. The number of rotatable bonds is 5. The van der Waals surface area contributed by atoms with Crippen LogP contribution in [0, 0.1) is 0 Å². The standard InChI is InChI=1S/C24H25N3O4/c1-14-21(24(29)27-20-9-4-5-12-25-20)22(23-16(26-14)7-6-8-17(23)28)15-10-11-18(30-2)19(13-15)31-3/h4-5,9-13,22,26H,6-8H2,1-3H3,(H,25,27,29)/t22-/m0/s1. The molecule has 0 fully saturated rings. The van der Waals surface area contributed by atoms with E-state index in [1.807, 2.05) is 19.1 Å². The van der Waals surface area contributed by atoms with Crippen molar-refractivity contribution in [1.29, 1.82) is 0 Å². The van der Waals surface area contributed by atoms with Gasteiger partial charge in [0.05, 0.1) is 14.2 Å². The normalized spacial score (nSPS) is 18.3. The SMILES string of the molecule is COc1ccc([C@H]2C(C(=O)Nc3ccccn3)=C(C)NC3=C2C(=O)CCC3)cc1OC. The number of methoxy groups -OCH3 is 2. The predicted octanol–water partition coefficient (Wildman–Crippen LogP) is 3.71. The molecule has 1 atom stereocenters. The van der Waals surface area contributed by atoms with Crippen LogP contribution in [0.15, 0.2) is 65.1 Å². The first-order valence-electron chi connectivity index (χ1n) is 10.2. The Morgan fingerprint density at radius 3 is 2.65 bits per heavy atom. The summed E-state index contributed by atoms with van der Waals surface area (Å²) < 4.78 is 10.8. The number of hydrogen-bond acceptors (Lipinski definition) is 6. The molecule has 0 bridgehead atoms. The van der Waals surface area contributed by atoms with Crippen molar-refractivity contribution in [2.75, 3.05) is 19.5 Å². The number of Topliss-reactive ketones (excluding diaryl/α,β-unsaturated/α-hetero) is 1. The number of nitrogens with zero attached hydrogens (tertiary/aromatic N) is 1. The van der Waals surface area contributed by atoms with E-state index in [-0.39, 0.29) is 11.7 Å². The summed E-state index contributed by atoms with van der Waals surface area (Å²) in [5.41, 5.74) is 3.55. The van der Waals surface area contributed by atoms with E-state index in [0.717, 1.165) is 29.8 Å². The zero-order valence-corrected chi connectivity index (χ0v) is 17.8. The second-order valence-electron chi connectivity index (χ2n) is 7.55. The first kappa shape index (κ1) is 20.7. The van der Waals surface area contributed by atoms with Crippen LogP contribution in [0.25, 0.3) is 0 Å². The smallest absolute Gasteiger partial charge is 0.255 e. The fraction of sp³-hybridized carbons (Fsp3) is 0.292. The third-order valence-corrected chi connectivity index (χ3v) is 5.67. The molecular formula is C24H25N3O4. The predicted molar refractivity (Wildman–Crippen MR) is 117 cm³/mol. The molecule has 31 heavy (non-hydrogen) atoms. The molecule has 160 valence electrons. The van der Waals surface area contributed by atoms with Gasteiger partial charge in [0.25, 0.3) is 5.91 Å². The zero-order valence-electron chi connectivity index (χ0n) is 17.8. The molecule has 1 aromatic heterocycles. The van der Waals surface area contributed by atoms with E-state index in [4.69, 9.17) is 9.47 Å². The second kappa shape index (κ2) is 8.63. The van der Waals surface area contributed by atoms with Crippen molar-refractivity contribution in [3.8, 4) is 11.5 Å². The van der Waals surface area contributed by atoms with Gasteiger partial charge >= 0.3 is 0 Å². The van der Waals surface area contributed by atoms with Crippen molar-refractivity contribution < 1.29 is 19.1 Å². The summed E-state index contributed by atoms with van der Waals surface area (Å²) in [5, 5.41) is 6.18. The number of nitrogens with one attached hydrogen (secondary N) is 2. The quantitative estimate of drug-likeness (QED) is 0.768. The summed E-state index contributed by atoms with van der Waals surface area (Å²) in [5.74, 6) is 0.842. The van der Waals surface area contributed by atoms with Crippen LogP contribution in [-0.4, -0.2) is 30.9 Å². The molecule has 4 rings (SSSR count). The van der Waals surface area contributed by atoms with Crippen LogP contribution in [0.3, 0.4) is 0 Å². The minimum atomic E-state index is -0.507. The molecule has 0 saturated carbocycles. The van der Waals surface area contributed by atoms with E-state index in [9.17, 15) is 9.59 Å². The highest BCUT2D eigenvalue weighted by Crippen LogP contribution is 2.44. The number of amides is 1. The van der Waals surface area contributed by atoms with Gasteiger partial charge in [-0.25, -0.2) is 4.98 Å². The molecule has 2 aliphatic rings. The minimum Gasteiger partial charge on any atom is -0.493 e. The van der Waals surface area contributed by atoms with E-state index in [2.05, 4.69) is 15.6 Å². The lowest BCUT2D eigenvalue weighted by Crippen LogP contribution is -2.35. The van der Waals surface area contributed by atoms with Gasteiger partial charge in [0.1, 0.15) is 5.82 Å². The Labute approximate surface area is 181 Å². The molecule has 1 aliphatic carbocycles. The third-order valence-electron chi connectivity index (χ3n) is 5.67. The molecule has 0 saturated heterocycles. The number of dihydropyridines is 1. The molecule has 0 radical (unpaired) electrons. The number of pyridine rings is 1. The molecule has 2 heterocycles. The number of carbonyl (C=O) groups excluding carboxylic acids is 2. The molecule has 1 aromatic carbocycles. The van der Waals surface area contributed by atoms with Crippen LogP contribution in [0.5, 0.6) is 11.5 Å². The Morgan fingerprint density at radius 1 is 1.13 bits per heavy atom. The van der Waals surface area contributed by atoms with Crippen LogP contribution in [-0.2, 0) is 9.59 Å². The molecule has 0 spiro atoms. The molecular weight excluding hydrogens is 394 g/mol. The van der Waals surface area contributed by atoms with Gasteiger partial charge in [0.2, 0.25) is 0 Å². The van der Waals surface area contributed by atoms with E-state index in [1.165, 1.54) is 0 Å². The number of ether oxygens (including phenoxy) is 2. The van der Waals surface area contributed by atoms with Gasteiger partial charge in [0, 0.05) is 41.1 Å². The fourth-order valence-corrected chi connectivity index (χ4v) is 4.27. The first-order valence-corrected chi connectivity index (χ1v) is 10.2. The number of hydrogen-bond donors (Lipinski definition) is 2. The Morgan fingerprint density at radius 2 is 1.94 bits per heavy atom. The molecule has 2 aromatic rings. The summed E-state index contributed by atoms with van der Waals surface area (Å²) in [7, 11) is 3.14. The Bertz CT molecular complexity index is 1090. The molecule has 2 N–H and O–H groups in total. The topological polar surface area (TPSA) is 89.5 Å². The maximum Gasteiger partial charge on any atom is 0.255 e. The second-order valence-corrected chi connectivity index (χ2v) is 7.55. The molecule has 0 unspecified atom stereocenters. The summed E-state index contributed by atoms with van der Waals surface area (Å²) in [6.07, 6.45) is 3.66. The third kappa shape index (κ3) is 3.91. The summed E-state index contributed by atoms with van der Waals surface area (Å²) in [6.45, 7) is 1.87. The van der Waals surface area contributed by atoms with Gasteiger partial charge in [-0.1, -0.05) is 12.1 Å². The lowest BCUT2D eigenvalue weighted by molar-refractivity contribution is -0.116. The van der Waals surface area contributed by atoms with Crippen molar-refractivity contribution >= 4 is 17.5 Å². The van der Waals surface area contributed by atoms with E-state index in [1.54, 1.807) is 44.7 Å². The number of carbonyl (C=O) groups is 2. The van der Waals surface area contributed by atoms with E-state index >= 15 is 0 Å². The van der Waals surface area contributed by atoms with Crippen LogP contribution < -0.4 is 20.1 Å². The Balaban J connectivity index is 1.82. The van der Waals surface area contributed by atoms with Crippen molar-refractivity contribution in [3.05, 3.63) is 70.7 Å². The van der Waals surface area contributed by atoms with Crippen LogP contribution >= 0.6 is 0 Å². The Kier molecular flexibility index (Phi) is 5.75. The minimum absolute atomic E-state index is 0.0594. The largest absolute Gasteiger partial charge is 0.493 e. The van der Waals surface area contributed by atoms with Gasteiger partial charge in [-0.05, 0) is 49.6 Å². The Hall–Kier alpha value is -3.61. The zero-order chi connectivity index (χ0) is 22.0. The highest BCUT2D eigenvalue weighted by Gasteiger charge is 2.38. The van der Waals surface area contributed by atoms with Crippen LogP contribution in [0.4, 0.5) is 5.82 Å². The molecule has 7 heteroatoms. The van der Waals surface area contributed by atoms with Crippen molar-refractivity contribution in [2.24, 2.45) is 0 Å². The van der Waals surface area contributed by atoms with Crippen molar-refractivity contribution in [3.63, 3.8) is 0 Å². The number of ketones is 1. The average Bonchev–Trinajstić information content (AvgIpc) is 2.78. The molecule has 7 nitrogen and oxygen atoms in total. The lowest BCUT2D eigenvalue weighted by Gasteiger charge is -2.34. The van der Waals surface area contributed by atoms with Gasteiger partial charge in [-0.15, -0.1) is 0 Å². The van der Waals surface area contributed by atoms with Crippen LogP contribution in [0.1, 0.15) is 37.7 Å². The van der Waals surface area contributed by atoms with Crippen molar-refractivity contribution in [1.82, 2.24) is 10.3 Å². The van der Waals surface area contributed by atoms with Gasteiger partial charge < -0.3 is 20.1 Å². The molecule has 1 amide bonds. The monoisotopic (exact) mass is 419 g/mol. The van der Waals surface area contributed by atoms with E-state index < -0.39 is 5.92 Å². The maximum atomic E-state index is 13.4. The van der Waals surface area contributed by atoms with E-state index in [0.29, 0.717) is 34.9 Å². The number of anilines is 1. The molecule has 1 aliphatic heterocycles. The first-order chi connectivity index (χ1) is 15.0. The summed E-state index contributed by atoms with van der Waals surface area (Å²) in [6, 6.07) is 10.8.